The number of anilines is 1. The minimum Gasteiger partial charge on any atom is -0.456 e. The molecular weight excluding hydrogens is 280 g/mol. The summed E-state index contributed by atoms with van der Waals surface area (Å²) in [5, 5.41) is 2.77. The molecule has 22 heavy (non-hydrogen) atoms. The quantitative estimate of drug-likeness (QED) is 0.921. The standard InChI is InChI=1S/C16H22N4O2/c1-3-13-12(11-20-7-4-5-8-20)10-14(22-13)15(21)18-16-17-6-9-19(16)2/h6,9-10H,3-5,7-8,11H2,1-2H3,(H,17,18,21). The van der Waals surface area contributed by atoms with Crippen molar-refractivity contribution in [2.75, 3.05) is 18.4 Å². The lowest BCUT2D eigenvalue weighted by molar-refractivity contribution is 0.0994. The minimum atomic E-state index is -0.253. The molecule has 1 fully saturated rings. The molecule has 0 aliphatic carbocycles. The summed E-state index contributed by atoms with van der Waals surface area (Å²) in [4.78, 5) is 18.8. The van der Waals surface area contributed by atoms with Gasteiger partial charge in [-0.05, 0) is 32.0 Å². The Morgan fingerprint density at radius 1 is 1.41 bits per heavy atom. The van der Waals surface area contributed by atoms with Crippen LogP contribution in [-0.4, -0.2) is 33.4 Å². The molecule has 1 aliphatic heterocycles. The van der Waals surface area contributed by atoms with E-state index in [-0.39, 0.29) is 5.91 Å². The third-order valence-corrected chi connectivity index (χ3v) is 4.08. The first-order valence-electron chi connectivity index (χ1n) is 7.80. The SMILES string of the molecule is CCc1oc(C(=O)Nc2nccn2C)cc1CN1CCCC1. The van der Waals surface area contributed by atoms with Gasteiger partial charge < -0.3 is 8.98 Å². The molecule has 118 valence electrons. The van der Waals surface area contributed by atoms with E-state index in [1.807, 2.05) is 20.0 Å². The number of likely N-dealkylation sites (tertiary alicyclic amines) is 1. The van der Waals surface area contributed by atoms with Gasteiger partial charge in [0.05, 0.1) is 0 Å². The van der Waals surface area contributed by atoms with E-state index in [4.69, 9.17) is 4.42 Å². The first kappa shape index (κ1) is 14.8. The van der Waals surface area contributed by atoms with Gasteiger partial charge in [-0.15, -0.1) is 0 Å². The molecule has 1 saturated heterocycles. The maximum Gasteiger partial charge on any atom is 0.293 e. The zero-order valence-electron chi connectivity index (χ0n) is 13.1. The number of hydrogen-bond acceptors (Lipinski definition) is 4. The Kier molecular flexibility index (Phi) is 4.29. The fraction of sp³-hybridized carbons (Fsp3) is 0.500. The number of aromatic nitrogens is 2. The number of aryl methyl sites for hydroxylation is 2. The fourth-order valence-electron chi connectivity index (χ4n) is 2.84. The molecule has 0 unspecified atom stereocenters. The molecule has 2 aromatic heterocycles. The third-order valence-electron chi connectivity index (χ3n) is 4.08. The van der Waals surface area contributed by atoms with Gasteiger partial charge in [-0.3, -0.25) is 15.0 Å². The molecule has 6 nitrogen and oxygen atoms in total. The summed E-state index contributed by atoms with van der Waals surface area (Å²) in [6.45, 7) is 5.17. The second-order valence-electron chi connectivity index (χ2n) is 5.71. The van der Waals surface area contributed by atoms with Crippen LogP contribution in [0.15, 0.2) is 22.9 Å². The number of furan rings is 1. The molecule has 0 spiro atoms. The van der Waals surface area contributed by atoms with Crippen LogP contribution in [0.2, 0.25) is 0 Å². The van der Waals surface area contributed by atoms with Crippen LogP contribution in [0.1, 0.15) is 41.6 Å². The van der Waals surface area contributed by atoms with E-state index < -0.39 is 0 Å². The molecule has 3 rings (SSSR count). The summed E-state index contributed by atoms with van der Waals surface area (Å²) in [7, 11) is 1.83. The van der Waals surface area contributed by atoms with Crippen molar-refractivity contribution in [3.63, 3.8) is 0 Å². The lowest BCUT2D eigenvalue weighted by Gasteiger charge is -2.13. The Balaban J connectivity index is 1.74. The fourth-order valence-corrected chi connectivity index (χ4v) is 2.84. The van der Waals surface area contributed by atoms with Crippen LogP contribution in [0.4, 0.5) is 5.95 Å². The second kappa shape index (κ2) is 6.36. The summed E-state index contributed by atoms with van der Waals surface area (Å²) >= 11 is 0. The largest absolute Gasteiger partial charge is 0.456 e. The summed E-state index contributed by atoms with van der Waals surface area (Å²) in [6.07, 6.45) is 6.73. The highest BCUT2D eigenvalue weighted by Gasteiger charge is 2.20. The van der Waals surface area contributed by atoms with Gasteiger partial charge in [0.15, 0.2) is 5.76 Å². The van der Waals surface area contributed by atoms with E-state index in [1.54, 1.807) is 17.0 Å². The predicted molar refractivity (Wildman–Crippen MR) is 83.8 cm³/mol. The molecule has 0 bridgehead atoms. The van der Waals surface area contributed by atoms with Crippen molar-refractivity contribution in [2.45, 2.75) is 32.7 Å². The van der Waals surface area contributed by atoms with Crippen LogP contribution < -0.4 is 5.32 Å². The molecule has 0 radical (unpaired) electrons. The molecule has 0 aromatic carbocycles. The number of carbonyl (C=O) groups is 1. The Morgan fingerprint density at radius 3 is 2.82 bits per heavy atom. The molecule has 2 aromatic rings. The lowest BCUT2D eigenvalue weighted by atomic mass is 10.2. The topological polar surface area (TPSA) is 63.3 Å². The van der Waals surface area contributed by atoms with Crippen molar-refractivity contribution >= 4 is 11.9 Å². The summed E-state index contributed by atoms with van der Waals surface area (Å²) in [6, 6.07) is 1.87. The number of nitrogens with zero attached hydrogens (tertiary/aromatic N) is 3. The van der Waals surface area contributed by atoms with Gasteiger partial charge in [0, 0.05) is 38.0 Å². The Labute approximate surface area is 130 Å². The predicted octanol–water partition coefficient (Wildman–Crippen LogP) is 2.42. The van der Waals surface area contributed by atoms with Gasteiger partial charge in [-0.25, -0.2) is 4.98 Å². The average molecular weight is 302 g/mol. The number of carbonyl (C=O) groups excluding carboxylic acids is 1. The zero-order chi connectivity index (χ0) is 15.5. The van der Waals surface area contributed by atoms with Crippen molar-refractivity contribution < 1.29 is 9.21 Å². The highest BCUT2D eigenvalue weighted by molar-refractivity contribution is 6.01. The van der Waals surface area contributed by atoms with Crippen molar-refractivity contribution in [2.24, 2.45) is 7.05 Å². The molecule has 6 heteroatoms. The van der Waals surface area contributed by atoms with Crippen molar-refractivity contribution in [3.8, 4) is 0 Å². The highest BCUT2D eigenvalue weighted by atomic mass is 16.4. The van der Waals surface area contributed by atoms with Crippen molar-refractivity contribution in [1.29, 1.82) is 0 Å². The lowest BCUT2D eigenvalue weighted by Crippen LogP contribution is -2.18. The Hall–Kier alpha value is -2.08. The smallest absolute Gasteiger partial charge is 0.293 e. The van der Waals surface area contributed by atoms with E-state index in [0.717, 1.165) is 37.4 Å². The average Bonchev–Trinajstić information content (AvgIpc) is 3.22. The first-order chi connectivity index (χ1) is 10.7. The van der Waals surface area contributed by atoms with Gasteiger partial charge in [0.25, 0.3) is 5.91 Å². The van der Waals surface area contributed by atoms with E-state index >= 15 is 0 Å². The van der Waals surface area contributed by atoms with Crippen LogP contribution in [0.25, 0.3) is 0 Å². The third kappa shape index (κ3) is 3.06. The van der Waals surface area contributed by atoms with Crippen LogP contribution in [0.3, 0.4) is 0 Å². The maximum atomic E-state index is 12.3. The summed E-state index contributed by atoms with van der Waals surface area (Å²) in [5.41, 5.74) is 1.12. The van der Waals surface area contributed by atoms with Crippen LogP contribution >= 0.6 is 0 Å². The highest BCUT2D eigenvalue weighted by Crippen LogP contribution is 2.21. The molecular formula is C16H22N4O2. The van der Waals surface area contributed by atoms with Gasteiger partial charge in [0.2, 0.25) is 5.95 Å². The number of amides is 1. The summed E-state index contributed by atoms with van der Waals surface area (Å²) < 4.78 is 7.51. The summed E-state index contributed by atoms with van der Waals surface area (Å²) in [5.74, 6) is 1.52. The molecule has 0 saturated carbocycles. The first-order valence-corrected chi connectivity index (χ1v) is 7.80. The van der Waals surface area contributed by atoms with E-state index in [0.29, 0.717) is 11.7 Å². The van der Waals surface area contributed by atoms with Gasteiger partial charge >= 0.3 is 0 Å². The van der Waals surface area contributed by atoms with E-state index in [1.165, 1.54) is 12.8 Å². The molecule has 1 aliphatic rings. The van der Waals surface area contributed by atoms with Gasteiger partial charge in [-0.2, -0.15) is 0 Å². The van der Waals surface area contributed by atoms with Crippen LogP contribution in [0, 0.1) is 0 Å². The molecule has 1 N–H and O–H groups in total. The number of nitrogens with one attached hydrogen (secondary N) is 1. The van der Waals surface area contributed by atoms with Crippen LogP contribution in [-0.2, 0) is 20.0 Å². The Morgan fingerprint density at radius 2 is 2.18 bits per heavy atom. The Bertz CT molecular complexity index is 653. The van der Waals surface area contributed by atoms with Crippen molar-refractivity contribution in [1.82, 2.24) is 14.5 Å². The maximum absolute atomic E-state index is 12.3. The normalized spacial score (nSPS) is 15.4. The number of hydrogen-bond donors (Lipinski definition) is 1. The molecule has 1 amide bonds. The van der Waals surface area contributed by atoms with E-state index in [2.05, 4.69) is 15.2 Å². The van der Waals surface area contributed by atoms with Gasteiger partial charge in [-0.1, -0.05) is 6.92 Å². The van der Waals surface area contributed by atoms with E-state index in [9.17, 15) is 4.79 Å². The monoisotopic (exact) mass is 302 g/mol. The van der Waals surface area contributed by atoms with Crippen LogP contribution in [0.5, 0.6) is 0 Å². The molecule has 3 heterocycles. The minimum absolute atomic E-state index is 0.253. The number of imidazole rings is 1. The van der Waals surface area contributed by atoms with Crippen molar-refractivity contribution in [3.05, 3.63) is 35.5 Å². The van der Waals surface area contributed by atoms with Gasteiger partial charge in [0.1, 0.15) is 5.76 Å². The number of rotatable bonds is 5. The molecule has 0 atom stereocenters. The second-order valence-corrected chi connectivity index (χ2v) is 5.71. The zero-order valence-corrected chi connectivity index (χ0v) is 13.1.